The molecule has 0 aliphatic carbocycles. The molecule has 0 radical (unpaired) electrons. The quantitative estimate of drug-likeness (QED) is 0.779. The summed E-state index contributed by atoms with van der Waals surface area (Å²) in [6.45, 7) is 0. The second kappa shape index (κ2) is 6.34. The number of alkyl halides is 2. The summed E-state index contributed by atoms with van der Waals surface area (Å²) in [5.74, 6) is -2.80. The van der Waals surface area contributed by atoms with E-state index in [4.69, 9.17) is 11.5 Å². The Hall–Kier alpha value is -2.14. The van der Waals surface area contributed by atoms with Crippen molar-refractivity contribution < 1.29 is 27.1 Å². The van der Waals surface area contributed by atoms with Crippen LogP contribution in [0.5, 0.6) is 0 Å². The number of carboxylic acid groups (broad SMARTS) is 1. The Kier molecular flexibility index (Phi) is 5.05. The number of hydrogen-bond donors (Lipinski definition) is 2. The second-order valence-electron chi connectivity index (χ2n) is 3.75. The highest BCUT2D eigenvalue weighted by molar-refractivity contribution is 7.91. The van der Waals surface area contributed by atoms with Gasteiger partial charge in [0.15, 0.2) is 0 Å². The molecule has 0 saturated carbocycles. The number of benzene rings is 1. The van der Waals surface area contributed by atoms with E-state index in [1.165, 1.54) is 18.2 Å². The first-order valence-corrected chi connectivity index (χ1v) is 6.89. The van der Waals surface area contributed by atoms with E-state index in [1.54, 1.807) is 0 Å². The van der Waals surface area contributed by atoms with Gasteiger partial charge in [-0.25, -0.2) is 13.2 Å². The summed E-state index contributed by atoms with van der Waals surface area (Å²) in [6.07, 6.45) is 4.78. The first kappa shape index (κ1) is 15.9. The molecule has 1 unspecified atom stereocenters. The number of nitrogens with one attached hydrogen (secondary N) is 1. The maximum absolute atomic E-state index is 12.6. The average Bonchev–Trinajstić information content (AvgIpc) is 2.38. The summed E-state index contributed by atoms with van der Waals surface area (Å²) < 4.78 is 48.1. The van der Waals surface area contributed by atoms with Gasteiger partial charge in [-0.2, -0.15) is 8.78 Å². The first-order valence-electron chi connectivity index (χ1n) is 5.34. The lowest BCUT2D eigenvalue weighted by atomic mass is 10.2. The van der Waals surface area contributed by atoms with Crippen LogP contribution in [0.1, 0.15) is 6.42 Å². The van der Waals surface area contributed by atoms with Crippen molar-refractivity contribution in [1.82, 2.24) is 0 Å². The molecule has 0 heterocycles. The number of anilines is 1. The van der Waals surface area contributed by atoms with Crippen LogP contribution in [0.25, 0.3) is 0 Å². The molecular weight excluding hydrogens is 292 g/mol. The molecule has 1 atom stereocenters. The predicted molar refractivity (Wildman–Crippen MR) is 68.1 cm³/mol. The Labute approximate surface area is 114 Å². The van der Waals surface area contributed by atoms with Gasteiger partial charge in [-0.15, -0.1) is 12.3 Å². The number of para-hydroxylation sites is 1. The van der Waals surface area contributed by atoms with Crippen molar-refractivity contribution in [2.75, 3.05) is 5.32 Å². The molecule has 0 amide bonds. The van der Waals surface area contributed by atoms with Gasteiger partial charge in [-0.3, -0.25) is 0 Å². The Morgan fingerprint density at radius 1 is 1.40 bits per heavy atom. The Morgan fingerprint density at radius 2 is 2.00 bits per heavy atom. The molecule has 0 aliphatic rings. The molecular formula is C12H11F2NO4S. The minimum atomic E-state index is -4.83. The van der Waals surface area contributed by atoms with Crippen LogP contribution in [0.3, 0.4) is 0 Å². The number of terminal acetylenes is 1. The normalized spacial score (nSPS) is 12.7. The van der Waals surface area contributed by atoms with E-state index in [0.717, 1.165) is 6.07 Å². The molecule has 0 spiro atoms. The van der Waals surface area contributed by atoms with Crippen LogP contribution in [-0.2, 0) is 14.6 Å². The largest absolute Gasteiger partial charge is 0.480 e. The molecule has 5 nitrogen and oxygen atoms in total. The van der Waals surface area contributed by atoms with Crippen molar-refractivity contribution in [2.24, 2.45) is 0 Å². The van der Waals surface area contributed by atoms with Gasteiger partial charge in [-0.05, 0) is 12.1 Å². The molecule has 20 heavy (non-hydrogen) atoms. The van der Waals surface area contributed by atoms with Gasteiger partial charge >= 0.3 is 11.7 Å². The van der Waals surface area contributed by atoms with Crippen LogP contribution in [0.15, 0.2) is 29.2 Å². The molecule has 1 aromatic rings. The Bertz CT molecular complexity index is 637. The number of aliphatic carboxylic acids is 1. The maximum atomic E-state index is 12.6. The third-order valence-electron chi connectivity index (χ3n) is 2.38. The second-order valence-corrected chi connectivity index (χ2v) is 5.63. The third-order valence-corrected chi connectivity index (χ3v) is 3.82. The van der Waals surface area contributed by atoms with E-state index in [1.807, 2.05) is 0 Å². The van der Waals surface area contributed by atoms with Crippen molar-refractivity contribution in [1.29, 1.82) is 0 Å². The summed E-state index contributed by atoms with van der Waals surface area (Å²) in [5, 5.41) is 11.3. The van der Waals surface area contributed by atoms with Crippen LogP contribution in [0.2, 0.25) is 0 Å². The number of carbonyl (C=O) groups is 1. The van der Waals surface area contributed by atoms with Gasteiger partial charge in [0.2, 0.25) is 9.84 Å². The smallest absolute Gasteiger partial charge is 0.341 e. The zero-order chi connectivity index (χ0) is 15.3. The summed E-state index contributed by atoms with van der Waals surface area (Å²) in [4.78, 5) is 10.3. The van der Waals surface area contributed by atoms with Crippen LogP contribution in [0.4, 0.5) is 14.5 Å². The maximum Gasteiger partial charge on any atom is 0.341 e. The fourth-order valence-corrected chi connectivity index (χ4v) is 2.33. The molecule has 1 rings (SSSR count). The average molecular weight is 303 g/mol. The number of hydrogen-bond acceptors (Lipinski definition) is 4. The lowest BCUT2D eigenvalue weighted by Crippen LogP contribution is -2.29. The minimum Gasteiger partial charge on any atom is -0.480 e. The summed E-state index contributed by atoms with van der Waals surface area (Å²) >= 11 is 0. The molecule has 2 N–H and O–H groups in total. The summed E-state index contributed by atoms with van der Waals surface area (Å²) in [5.41, 5.74) is -0.226. The van der Waals surface area contributed by atoms with E-state index in [-0.39, 0.29) is 12.1 Å². The topological polar surface area (TPSA) is 83.5 Å². The molecule has 0 aliphatic heterocycles. The number of sulfone groups is 1. The predicted octanol–water partition coefficient (Wildman–Crippen LogP) is 1.57. The third kappa shape index (κ3) is 3.45. The highest BCUT2D eigenvalue weighted by atomic mass is 32.2. The summed E-state index contributed by atoms with van der Waals surface area (Å²) in [7, 11) is -4.83. The monoisotopic (exact) mass is 303 g/mol. The van der Waals surface area contributed by atoms with Crippen LogP contribution >= 0.6 is 0 Å². The lowest BCUT2D eigenvalue weighted by molar-refractivity contribution is -0.137. The van der Waals surface area contributed by atoms with E-state index >= 15 is 0 Å². The highest BCUT2D eigenvalue weighted by Crippen LogP contribution is 2.26. The van der Waals surface area contributed by atoms with Crippen LogP contribution < -0.4 is 5.32 Å². The van der Waals surface area contributed by atoms with E-state index in [9.17, 15) is 22.0 Å². The fourth-order valence-electron chi connectivity index (χ4n) is 1.44. The zero-order valence-electron chi connectivity index (χ0n) is 10.1. The lowest BCUT2D eigenvalue weighted by Gasteiger charge is -2.16. The molecule has 8 heteroatoms. The van der Waals surface area contributed by atoms with Crippen molar-refractivity contribution in [2.45, 2.75) is 23.1 Å². The van der Waals surface area contributed by atoms with Crippen LogP contribution in [0, 0.1) is 12.3 Å². The number of rotatable bonds is 6. The van der Waals surface area contributed by atoms with Gasteiger partial charge in [0.05, 0.1) is 10.6 Å². The molecule has 0 saturated heterocycles. The van der Waals surface area contributed by atoms with Crippen molar-refractivity contribution in [3.8, 4) is 12.3 Å². The SMILES string of the molecule is C#CCC(Nc1ccccc1S(=O)(=O)C(F)F)C(=O)O. The van der Waals surface area contributed by atoms with Gasteiger partial charge in [-0.1, -0.05) is 12.1 Å². The molecule has 0 aromatic heterocycles. The Balaban J connectivity index is 3.21. The minimum absolute atomic E-state index is 0.224. The molecule has 108 valence electrons. The number of halogens is 2. The number of carboxylic acids is 1. The van der Waals surface area contributed by atoms with Gasteiger partial charge < -0.3 is 10.4 Å². The van der Waals surface area contributed by atoms with Crippen molar-refractivity contribution >= 4 is 21.5 Å². The standard InChI is InChI=1S/C12H11F2NO4S/c1-2-5-9(11(16)17)15-8-6-3-4-7-10(8)20(18,19)12(13)14/h1,3-4,6-7,9,12,15H,5H2,(H,16,17). The molecule has 0 bridgehead atoms. The highest BCUT2D eigenvalue weighted by Gasteiger charge is 2.30. The zero-order valence-corrected chi connectivity index (χ0v) is 10.9. The molecule has 1 aromatic carbocycles. The summed E-state index contributed by atoms with van der Waals surface area (Å²) in [6, 6.07) is 3.55. The van der Waals surface area contributed by atoms with E-state index < -0.39 is 32.5 Å². The van der Waals surface area contributed by atoms with Crippen molar-refractivity contribution in [3.05, 3.63) is 24.3 Å². The van der Waals surface area contributed by atoms with Gasteiger partial charge in [0.25, 0.3) is 0 Å². The molecule has 0 fully saturated rings. The van der Waals surface area contributed by atoms with Crippen LogP contribution in [-0.4, -0.2) is 31.3 Å². The van der Waals surface area contributed by atoms with Gasteiger partial charge in [0, 0.05) is 6.42 Å². The fraction of sp³-hybridized carbons (Fsp3) is 0.250. The van der Waals surface area contributed by atoms with E-state index in [0.29, 0.717) is 0 Å². The first-order chi connectivity index (χ1) is 9.30. The Morgan fingerprint density at radius 3 is 2.50 bits per heavy atom. The van der Waals surface area contributed by atoms with E-state index in [2.05, 4.69) is 11.2 Å². The van der Waals surface area contributed by atoms with Crippen molar-refractivity contribution in [3.63, 3.8) is 0 Å². The van der Waals surface area contributed by atoms with Gasteiger partial charge in [0.1, 0.15) is 6.04 Å².